The van der Waals surface area contributed by atoms with Gasteiger partial charge in [0.15, 0.2) is 0 Å². The number of carboxylic acid groups (broad SMARTS) is 1. The molecule has 1 atom stereocenters. The molecule has 27 heavy (non-hydrogen) atoms. The summed E-state index contributed by atoms with van der Waals surface area (Å²) in [7, 11) is 0. The largest absolute Gasteiger partial charge is 0.481 e. The van der Waals surface area contributed by atoms with Gasteiger partial charge in [0, 0.05) is 16.6 Å². The summed E-state index contributed by atoms with van der Waals surface area (Å²) in [6.45, 7) is 0.477. The summed E-state index contributed by atoms with van der Waals surface area (Å²) in [6.07, 6.45) is -0.111. The first-order chi connectivity index (χ1) is 13.1. The smallest absolute Gasteiger partial charge is 0.410 e. The molecular weight excluding hydrogens is 344 g/mol. The lowest BCUT2D eigenvalue weighted by Crippen LogP contribution is -2.45. The highest BCUT2D eigenvalue weighted by Crippen LogP contribution is 2.31. The number of hydrogen-bond donors (Lipinski definition) is 2. The van der Waals surface area contributed by atoms with Crippen molar-refractivity contribution in [1.82, 2.24) is 9.88 Å². The van der Waals surface area contributed by atoms with Crippen molar-refractivity contribution in [2.75, 3.05) is 0 Å². The zero-order valence-corrected chi connectivity index (χ0v) is 14.7. The van der Waals surface area contributed by atoms with Crippen LogP contribution in [0.15, 0.2) is 54.6 Å². The molecule has 1 aliphatic heterocycles. The number of ether oxygens (including phenoxy) is 1. The molecule has 1 aromatic heterocycles. The number of carbonyl (C=O) groups is 2. The molecule has 6 heteroatoms. The maximum atomic E-state index is 12.7. The lowest BCUT2D eigenvalue weighted by Gasteiger charge is -2.34. The van der Waals surface area contributed by atoms with Crippen molar-refractivity contribution in [2.45, 2.75) is 32.0 Å². The third-order valence-electron chi connectivity index (χ3n) is 4.96. The first kappa shape index (κ1) is 17.1. The molecule has 4 rings (SSSR count). The zero-order valence-electron chi connectivity index (χ0n) is 14.7. The molecule has 1 aliphatic rings. The minimum Gasteiger partial charge on any atom is -0.481 e. The zero-order chi connectivity index (χ0) is 18.8. The molecule has 6 nitrogen and oxygen atoms in total. The molecule has 1 amide bonds. The summed E-state index contributed by atoms with van der Waals surface area (Å²) in [5.74, 6) is -0.927. The standard InChI is InChI=1S/C21H20N2O4/c24-20(25)11-15-10-17-16-8-4-5-9-18(16)22-19(17)12-23(15)21(26)27-13-14-6-2-1-3-7-14/h1-9,15,22H,10-13H2,(H,24,25)/t15-/m0/s1. The minimum absolute atomic E-state index is 0.112. The number of nitrogens with zero attached hydrogens (tertiary/aromatic N) is 1. The lowest BCUT2D eigenvalue weighted by atomic mass is 9.95. The quantitative estimate of drug-likeness (QED) is 0.739. The fourth-order valence-corrected chi connectivity index (χ4v) is 3.67. The fraction of sp³-hybridized carbons (Fsp3) is 0.238. The molecule has 2 N–H and O–H groups in total. The van der Waals surface area contributed by atoms with E-state index in [1.165, 1.54) is 4.90 Å². The number of benzene rings is 2. The summed E-state index contributed by atoms with van der Waals surface area (Å²) in [6, 6.07) is 16.9. The van der Waals surface area contributed by atoms with E-state index in [4.69, 9.17) is 4.74 Å². The molecule has 0 saturated heterocycles. The van der Waals surface area contributed by atoms with E-state index in [1.54, 1.807) is 0 Å². The summed E-state index contributed by atoms with van der Waals surface area (Å²) < 4.78 is 5.45. The van der Waals surface area contributed by atoms with Gasteiger partial charge in [0.25, 0.3) is 0 Å². The van der Waals surface area contributed by atoms with E-state index in [9.17, 15) is 14.7 Å². The van der Waals surface area contributed by atoms with Crippen LogP contribution in [0.2, 0.25) is 0 Å². The van der Waals surface area contributed by atoms with Gasteiger partial charge >= 0.3 is 12.1 Å². The van der Waals surface area contributed by atoms with Gasteiger partial charge in [-0.3, -0.25) is 9.69 Å². The number of aromatic amines is 1. The summed E-state index contributed by atoms with van der Waals surface area (Å²) in [4.78, 5) is 28.9. The number of hydrogen-bond acceptors (Lipinski definition) is 3. The summed E-state index contributed by atoms with van der Waals surface area (Å²) in [5.41, 5.74) is 3.92. The first-order valence-electron chi connectivity index (χ1n) is 8.89. The molecule has 138 valence electrons. The highest BCUT2D eigenvalue weighted by Gasteiger charge is 2.34. The second-order valence-corrected chi connectivity index (χ2v) is 6.75. The van der Waals surface area contributed by atoms with Gasteiger partial charge in [-0.25, -0.2) is 4.79 Å². The second kappa shape index (κ2) is 7.15. The van der Waals surface area contributed by atoms with Crippen molar-refractivity contribution < 1.29 is 19.4 Å². The Hall–Kier alpha value is -3.28. The fourth-order valence-electron chi connectivity index (χ4n) is 3.67. The molecule has 2 heterocycles. The summed E-state index contributed by atoms with van der Waals surface area (Å²) >= 11 is 0. The molecule has 0 bridgehead atoms. The van der Waals surface area contributed by atoms with Gasteiger partial charge < -0.3 is 14.8 Å². The van der Waals surface area contributed by atoms with Crippen LogP contribution in [0.1, 0.15) is 23.2 Å². The predicted octanol–water partition coefficient (Wildman–Crippen LogP) is 3.71. The Bertz CT molecular complexity index is 980. The van der Waals surface area contributed by atoms with E-state index in [0.29, 0.717) is 13.0 Å². The van der Waals surface area contributed by atoms with Crippen LogP contribution in [0.5, 0.6) is 0 Å². The van der Waals surface area contributed by atoms with Crippen molar-refractivity contribution in [3.8, 4) is 0 Å². The van der Waals surface area contributed by atoms with E-state index in [0.717, 1.165) is 27.7 Å². The van der Waals surface area contributed by atoms with E-state index in [-0.39, 0.29) is 13.0 Å². The number of para-hydroxylation sites is 1. The van der Waals surface area contributed by atoms with Crippen molar-refractivity contribution in [2.24, 2.45) is 0 Å². The summed E-state index contributed by atoms with van der Waals surface area (Å²) in [5, 5.41) is 10.4. The normalized spacial score (nSPS) is 16.1. The predicted molar refractivity (Wildman–Crippen MR) is 100 cm³/mol. The maximum Gasteiger partial charge on any atom is 0.410 e. The number of fused-ring (bicyclic) bond motifs is 3. The minimum atomic E-state index is -0.927. The first-order valence-corrected chi connectivity index (χ1v) is 8.89. The third-order valence-corrected chi connectivity index (χ3v) is 4.96. The number of amides is 1. The average molecular weight is 364 g/mol. The van der Waals surface area contributed by atoms with Crippen LogP contribution in [0.3, 0.4) is 0 Å². The van der Waals surface area contributed by atoms with Crippen LogP contribution in [0.25, 0.3) is 10.9 Å². The number of carbonyl (C=O) groups excluding carboxylic acids is 1. The Kier molecular flexibility index (Phi) is 4.54. The monoisotopic (exact) mass is 364 g/mol. The van der Waals surface area contributed by atoms with Gasteiger partial charge in [0.05, 0.1) is 19.0 Å². The molecule has 3 aromatic rings. The Balaban J connectivity index is 1.57. The highest BCUT2D eigenvalue weighted by molar-refractivity contribution is 5.85. The van der Waals surface area contributed by atoms with Crippen molar-refractivity contribution >= 4 is 23.0 Å². The molecule has 0 spiro atoms. The molecule has 2 aromatic carbocycles. The van der Waals surface area contributed by atoms with E-state index in [2.05, 4.69) is 4.98 Å². The van der Waals surface area contributed by atoms with Crippen molar-refractivity contribution in [3.05, 3.63) is 71.4 Å². The maximum absolute atomic E-state index is 12.7. The topological polar surface area (TPSA) is 82.6 Å². The Morgan fingerprint density at radius 1 is 1.11 bits per heavy atom. The molecule has 0 unspecified atom stereocenters. The van der Waals surface area contributed by atoms with Crippen LogP contribution >= 0.6 is 0 Å². The lowest BCUT2D eigenvalue weighted by molar-refractivity contribution is -0.138. The number of aliphatic carboxylic acids is 1. The second-order valence-electron chi connectivity index (χ2n) is 6.75. The molecule has 0 fully saturated rings. The van der Waals surface area contributed by atoms with Gasteiger partial charge in [0.2, 0.25) is 0 Å². The van der Waals surface area contributed by atoms with E-state index in [1.807, 2.05) is 54.6 Å². The Morgan fingerprint density at radius 2 is 1.85 bits per heavy atom. The average Bonchev–Trinajstić information content (AvgIpc) is 3.03. The number of aromatic nitrogens is 1. The van der Waals surface area contributed by atoms with Gasteiger partial charge in [-0.05, 0) is 23.6 Å². The van der Waals surface area contributed by atoms with Gasteiger partial charge in [-0.2, -0.15) is 0 Å². The highest BCUT2D eigenvalue weighted by atomic mass is 16.6. The van der Waals surface area contributed by atoms with Crippen LogP contribution in [-0.2, 0) is 29.1 Å². The van der Waals surface area contributed by atoms with Crippen molar-refractivity contribution in [1.29, 1.82) is 0 Å². The Labute approximate surface area is 156 Å². The number of H-pyrrole nitrogens is 1. The molecule has 0 saturated carbocycles. The van der Waals surface area contributed by atoms with Crippen LogP contribution in [-0.4, -0.2) is 33.1 Å². The number of nitrogens with one attached hydrogen (secondary N) is 1. The molecule has 0 radical (unpaired) electrons. The van der Waals surface area contributed by atoms with E-state index >= 15 is 0 Å². The Morgan fingerprint density at radius 3 is 2.63 bits per heavy atom. The van der Waals surface area contributed by atoms with E-state index < -0.39 is 18.1 Å². The van der Waals surface area contributed by atoms with Crippen LogP contribution in [0, 0.1) is 0 Å². The number of carboxylic acids is 1. The van der Waals surface area contributed by atoms with Gasteiger partial charge in [0.1, 0.15) is 6.61 Å². The van der Waals surface area contributed by atoms with Gasteiger partial charge in [-0.1, -0.05) is 48.5 Å². The molecule has 0 aliphatic carbocycles. The third kappa shape index (κ3) is 3.51. The SMILES string of the molecule is O=C(O)C[C@@H]1Cc2c([nH]c3ccccc23)CN1C(=O)OCc1ccccc1. The van der Waals surface area contributed by atoms with Crippen molar-refractivity contribution in [3.63, 3.8) is 0 Å². The number of rotatable bonds is 4. The van der Waals surface area contributed by atoms with Crippen LogP contribution < -0.4 is 0 Å². The molecular formula is C21H20N2O4. The van der Waals surface area contributed by atoms with Gasteiger partial charge in [-0.15, -0.1) is 0 Å². The van der Waals surface area contributed by atoms with Crippen LogP contribution in [0.4, 0.5) is 4.79 Å².